The maximum atomic E-state index is 12.4. The topological polar surface area (TPSA) is 64.7 Å². The van der Waals surface area contributed by atoms with Crippen LogP contribution in [0.4, 0.5) is 5.69 Å². The molecule has 2 atom stereocenters. The van der Waals surface area contributed by atoms with Gasteiger partial charge in [-0.25, -0.2) is 0 Å². The first-order chi connectivity index (χ1) is 14.0. The van der Waals surface area contributed by atoms with Crippen molar-refractivity contribution in [3.63, 3.8) is 0 Å². The van der Waals surface area contributed by atoms with Crippen LogP contribution in [0.25, 0.3) is 0 Å². The van der Waals surface area contributed by atoms with Crippen LogP contribution in [0.1, 0.15) is 45.1 Å². The normalized spacial score (nSPS) is 23.5. The molecule has 0 radical (unpaired) electrons. The molecule has 1 aliphatic carbocycles. The molecule has 6 heteroatoms. The zero-order chi connectivity index (χ0) is 20.6. The quantitative estimate of drug-likeness (QED) is 0.738. The van der Waals surface area contributed by atoms with Gasteiger partial charge in [0.2, 0.25) is 11.8 Å². The lowest BCUT2D eigenvalue weighted by atomic mass is 9.86. The predicted octanol–water partition coefficient (Wildman–Crippen LogP) is 2.50. The molecule has 29 heavy (non-hydrogen) atoms. The van der Waals surface area contributed by atoms with Gasteiger partial charge in [-0.1, -0.05) is 44.9 Å². The summed E-state index contributed by atoms with van der Waals surface area (Å²) < 4.78 is 0. The molecule has 2 N–H and O–H groups in total. The molecule has 0 unspecified atom stereocenters. The van der Waals surface area contributed by atoms with E-state index in [0.717, 1.165) is 50.3 Å². The number of hydrogen-bond acceptors (Lipinski definition) is 4. The SMILES string of the molecule is CCc1ccccc1NC(=O)CN1CCN(CC(=O)N[C@H]2CCCC[C@@H]2C)CC1. The number of nitrogens with zero attached hydrogens (tertiary/aromatic N) is 2. The summed E-state index contributed by atoms with van der Waals surface area (Å²) >= 11 is 0. The zero-order valence-electron chi connectivity index (χ0n) is 18.0. The molecule has 1 heterocycles. The van der Waals surface area contributed by atoms with Crippen LogP contribution in [-0.2, 0) is 16.0 Å². The van der Waals surface area contributed by atoms with Crippen LogP contribution < -0.4 is 10.6 Å². The Morgan fingerprint density at radius 1 is 0.966 bits per heavy atom. The molecule has 0 bridgehead atoms. The minimum atomic E-state index is 0.0309. The summed E-state index contributed by atoms with van der Waals surface area (Å²) in [7, 11) is 0. The molecular formula is C23H36N4O2. The zero-order valence-corrected chi connectivity index (χ0v) is 18.0. The highest BCUT2D eigenvalue weighted by Crippen LogP contribution is 2.23. The Morgan fingerprint density at radius 3 is 2.24 bits per heavy atom. The molecular weight excluding hydrogens is 364 g/mol. The van der Waals surface area contributed by atoms with Crippen molar-refractivity contribution in [1.82, 2.24) is 15.1 Å². The second kappa shape index (κ2) is 10.7. The Morgan fingerprint density at radius 2 is 1.59 bits per heavy atom. The fourth-order valence-corrected chi connectivity index (χ4v) is 4.44. The average molecular weight is 401 g/mol. The fourth-order valence-electron chi connectivity index (χ4n) is 4.44. The number of rotatable bonds is 7. The van der Waals surface area contributed by atoms with Crippen LogP contribution in [0.5, 0.6) is 0 Å². The third kappa shape index (κ3) is 6.54. The summed E-state index contributed by atoms with van der Waals surface area (Å²) in [5, 5.41) is 6.28. The second-order valence-electron chi connectivity index (χ2n) is 8.55. The molecule has 2 fully saturated rings. The molecule has 0 spiro atoms. The maximum Gasteiger partial charge on any atom is 0.238 e. The van der Waals surface area contributed by atoms with Crippen molar-refractivity contribution in [3.05, 3.63) is 29.8 Å². The highest BCUT2D eigenvalue weighted by molar-refractivity contribution is 5.93. The lowest BCUT2D eigenvalue weighted by Crippen LogP contribution is -2.52. The summed E-state index contributed by atoms with van der Waals surface area (Å²) in [6.45, 7) is 8.48. The van der Waals surface area contributed by atoms with E-state index in [1.807, 2.05) is 24.3 Å². The van der Waals surface area contributed by atoms with Gasteiger partial charge in [0.25, 0.3) is 0 Å². The third-order valence-electron chi connectivity index (χ3n) is 6.33. The van der Waals surface area contributed by atoms with E-state index in [9.17, 15) is 9.59 Å². The van der Waals surface area contributed by atoms with E-state index in [0.29, 0.717) is 25.0 Å². The monoisotopic (exact) mass is 400 g/mol. The number of aryl methyl sites for hydroxylation is 1. The number of piperazine rings is 1. The van der Waals surface area contributed by atoms with Gasteiger partial charge in [0.1, 0.15) is 0 Å². The number of anilines is 1. The van der Waals surface area contributed by atoms with Crippen molar-refractivity contribution in [3.8, 4) is 0 Å². The number of nitrogens with one attached hydrogen (secondary N) is 2. The van der Waals surface area contributed by atoms with Crippen molar-refractivity contribution in [2.45, 2.75) is 52.0 Å². The molecule has 160 valence electrons. The number of para-hydroxylation sites is 1. The first kappa shape index (κ1) is 21.8. The van der Waals surface area contributed by atoms with Crippen LogP contribution in [-0.4, -0.2) is 66.9 Å². The number of hydrogen-bond donors (Lipinski definition) is 2. The molecule has 6 nitrogen and oxygen atoms in total. The fraction of sp³-hybridized carbons (Fsp3) is 0.652. The number of carbonyl (C=O) groups is 2. The predicted molar refractivity (Wildman–Crippen MR) is 117 cm³/mol. The summed E-state index contributed by atoms with van der Waals surface area (Å²) in [4.78, 5) is 29.2. The molecule has 1 aromatic rings. The van der Waals surface area contributed by atoms with Crippen LogP contribution in [0.2, 0.25) is 0 Å². The number of amides is 2. The Hall–Kier alpha value is -1.92. The number of benzene rings is 1. The first-order valence-electron chi connectivity index (χ1n) is 11.2. The molecule has 2 aliphatic rings. The standard InChI is InChI=1S/C23H36N4O2/c1-3-19-9-5-7-11-21(19)25-23(29)17-27-14-12-26(13-15-27)16-22(28)24-20-10-6-4-8-18(20)2/h5,7,9,11,18,20H,3-4,6,8,10,12-17H2,1-2H3,(H,24,28)(H,25,29)/t18-,20-/m0/s1. The minimum Gasteiger partial charge on any atom is -0.352 e. The van der Waals surface area contributed by atoms with Gasteiger partial charge in [-0.05, 0) is 36.8 Å². The third-order valence-corrected chi connectivity index (χ3v) is 6.33. The molecule has 2 amide bonds. The molecule has 1 aromatic carbocycles. The van der Waals surface area contributed by atoms with Crippen molar-refractivity contribution in [2.24, 2.45) is 5.92 Å². The summed E-state index contributed by atoms with van der Waals surface area (Å²) in [5.41, 5.74) is 2.07. The van der Waals surface area contributed by atoms with Gasteiger partial charge < -0.3 is 10.6 Å². The molecule has 3 rings (SSSR count). The van der Waals surface area contributed by atoms with E-state index < -0.39 is 0 Å². The van der Waals surface area contributed by atoms with Crippen molar-refractivity contribution in [2.75, 3.05) is 44.6 Å². The van der Waals surface area contributed by atoms with E-state index in [1.165, 1.54) is 19.3 Å². The largest absolute Gasteiger partial charge is 0.352 e. The Balaban J connectivity index is 1.37. The van der Waals surface area contributed by atoms with Crippen molar-refractivity contribution < 1.29 is 9.59 Å². The van der Waals surface area contributed by atoms with Gasteiger partial charge in [-0.2, -0.15) is 0 Å². The van der Waals surface area contributed by atoms with Gasteiger partial charge in [0.05, 0.1) is 13.1 Å². The maximum absolute atomic E-state index is 12.4. The van der Waals surface area contributed by atoms with E-state index in [4.69, 9.17) is 0 Å². The van der Waals surface area contributed by atoms with Gasteiger partial charge in [-0.15, -0.1) is 0 Å². The second-order valence-corrected chi connectivity index (χ2v) is 8.55. The molecule has 1 saturated carbocycles. The van der Waals surface area contributed by atoms with Gasteiger partial charge in [0.15, 0.2) is 0 Å². The van der Waals surface area contributed by atoms with Gasteiger partial charge in [0, 0.05) is 37.9 Å². The summed E-state index contributed by atoms with van der Waals surface area (Å²) in [6.07, 6.45) is 5.73. The van der Waals surface area contributed by atoms with E-state index in [2.05, 4.69) is 34.3 Å². The van der Waals surface area contributed by atoms with Crippen LogP contribution in [0.15, 0.2) is 24.3 Å². The Kier molecular flexibility index (Phi) is 8.07. The molecule has 1 aliphatic heterocycles. The van der Waals surface area contributed by atoms with Crippen LogP contribution in [0.3, 0.4) is 0 Å². The van der Waals surface area contributed by atoms with Gasteiger partial charge >= 0.3 is 0 Å². The van der Waals surface area contributed by atoms with Crippen LogP contribution in [0, 0.1) is 5.92 Å². The van der Waals surface area contributed by atoms with E-state index >= 15 is 0 Å². The van der Waals surface area contributed by atoms with Crippen molar-refractivity contribution >= 4 is 17.5 Å². The Labute approximate surface area is 175 Å². The highest BCUT2D eigenvalue weighted by atomic mass is 16.2. The lowest BCUT2D eigenvalue weighted by molar-refractivity contribution is -0.124. The highest BCUT2D eigenvalue weighted by Gasteiger charge is 2.25. The summed E-state index contributed by atoms with van der Waals surface area (Å²) in [5.74, 6) is 0.760. The smallest absolute Gasteiger partial charge is 0.238 e. The molecule has 1 saturated heterocycles. The molecule has 0 aromatic heterocycles. The van der Waals surface area contributed by atoms with Crippen LogP contribution >= 0.6 is 0 Å². The first-order valence-corrected chi connectivity index (χ1v) is 11.2. The van der Waals surface area contributed by atoms with Crippen molar-refractivity contribution in [1.29, 1.82) is 0 Å². The lowest BCUT2D eigenvalue weighted by Gasteiger charge is -2.35. The summed E-state index contributed by atoms with van der Waals surface area (Å²) in [6, 6.07) is 8.30. The number of carbonyl (C=O) groups excluding carboxylic acids is 2. The Bertz CT molecular complexity index is 685. The average Bonchev–Trinajstić information content (AvgIpc) is 2.71. The minimum absolute atomic E-state index is 0.0309. The van der Waals surface area contributed by atoms with Gasteiger partial charge in [-0.3, -0.25) is 19.4 Å². The van der Waals surface area contributed by atoms with E-state index in [-0.39, 0.29) is 11.8 Å². The van der Waals surface area contributed by atoms with E-state index in [1.54, 1.807) is 0 Å².